The molecular weight excluding hydrogens is 239 g/mol. The van der Waals surface area contributed by atoms with E-state index in [1.807, 2.05) is 0 Å². The van der Waals surface area contributed by atoms with E-state index in [-0.39, 0.29) is 0 Å². The number of carbonyl (C=O) groups excluding carboxylic acids is 1. The number of halogens is 1. The van der Waals surface area contributed by atoms with Crippen LogP contribution >= 0.6 is 0 Å². The first-order valence-electron chi connectivity index (χ1n) is 5.45. The molecule has 0 aliphatic carbocycles. The highest BCUT2D eigenvalue weighted by atomic mass is 19.1. The number of likely N-dealkylation sites (N-methyl/N-ethyl adjacent to an activating group) is 1. The second kappa shape index (κ2) is 6.00. The third-order valence-corrected chi connectivity index (χ3v) is 2.37. The Morgan fingerprint density at radius 3 is 2.56 bits per heavy atom. The number of amides is 2. The normalized spacial score (nSPS) is 9.94. The van der Waals surface area contributed by atoms with Crippen LogP contribution in [-0.2, 0) is 4.79 Å². The number of urea groups is 1. The molecule has 98 valence electrons. The largest absolute Gasteiger partial charge is 0.480 e. The van der Waals surface area contributed by atoms with Gasteiger partial charge in [-0.2, -0.15) is 0 Å². The van der Waals surface area contributed by atoms with Gasteiger partial charge in [0.2, 0.25) is 0 Å². The summed E-state index contributed by atoms with van der Waals surface area (Å²) in [5.41, 5.74) is 0.403. The van der Waals surface area contributed by atoms with E-state index in [0.717, 1.165) is 4.90 Å². The predicted molar refractivity (Wildman–Crippen MR) is 65.1 cm³/mol. The molecule has 0 saturated carbocycles. The third kappa shape index (κ3) is 3.44. The Balaban J connectivity index is 2.89. The molecule has 0 saturated heterocycles. The molecule has 1 rings (SSSR count). The highest BCUT2D eigenvalue weighted by molar-refractivity contribution is 5.93. The monoisotopic (exact) mass is 254 g/mol. The maximum Gasteiger partial charge on any atom is 0.324 e. The van der Waals surface area contributed by atoms with Gasteiger partial charge in [-0.3, -0.25) is 9.69 Å². The zero-order chi connectivity index (χ0) is 13.7. The quantitative estimate of drug-likeness (QED) is 0.891. The van der Waals surface area contributed by atoms with E-state index >= 15 is 0 Å². The number of carbonyl (C=O) groups is 2. The van der Waals surface area contributed by atoms with Gasteiger partial charge in [0.05, 0.1) is 0 Å². The Morgan fingerprint density at radius 1 is 1.39 bits per heavy atom. The number of rotatable bonds is 4. The molecule has 0 aliphatic heterocycles. The van der Waals surface area contributed by atoms with Crippen LogP contribution in [0.2, 0.25) is 0 Å². The van der Waals surface area contributed by atoms with Gasteiger partial charge in [0.15, 0.2) is 0 Å². The molecule has 0 aromatic heterocycles. The van der Waals surface area contributed by atoms with Crippen molar-refractivity contribution < 1.29 is 19.1 Å². The fraction of sp³-hybridized carbons (Fsp3) is 0.333. The molecule has 0 spiro atoms. The Kier molecular flexibility index (Phi) is 4.65. The van der Waals surface area contributed by atoms with Gasteiger partial charge < -0.3 is 10.0 Å². The topological polar surface area (TPSA) is 60.9 Å². The molecule has 0 radical (unpaired) electrons. The number of carboxylic acid groups (broad SMARTS) is 1. The summed E-state index contributed by atoms with van der Waals surface area (Å²) in [4.78, 5) is 24.9. The molecule has 0 bridgehead atoms. The van der Waals surface area contributed by atoms with E-state index in [1.165, 1.54) is 30.1 Å². The number of hydrogen-bond donors (Lipinski definition) is 1. The molecule has 18 heavy (non-hydrogen) atoms. The SMILES string of the molecule is CCN(C(=O)N(C)CC(=O)O)c1cccc(F)c1. The van der Waals surface area contributed by atoms with Crippen molar-refractivity contribution in [2.24, 2.45) is 0 Å². The fourth-order valence-corrected chi connectivity index (χ4v) is 1.55. The van der Waals surface area contributed by atoms with Crippen molar-refractivity contribution in [1.82, 2.24) is 4.90 Å². The van der Waals surface area contributed by atoms with Gasteiger partial charge in [-0.1, -0.05) is 6.07 Å². The van der Waals surface area contributed by atoms with Crippen LogP contribution in [-0.4, -0.2) is 42.1 Å². The number of aliphatic carboxylic acids is 1. The molecule has 0 aliphatic rings. The minimum Gasteiger partial charge on any atom is -0.480 e. The summed E-state index contributed by atoms with van der Waals surface area (Å²) in [5.74, 6) is -1.54. The first kappa shape index (κ1) is 14.0. The van der Waals surface area contributed by atoms with Gasteiger partial charge in [-0.05, 0) is 25.1 Å². The second-order valence-electron chi connectivity index (χ2n) is 3.76. The van der Waals surface area contributed by atoms with Crippen LogP contribution in [0.5, 0.6) is 0 Å². The molecule has 1 aromatic rings. The molecule has 6 heteroatoms. The summed E-state index contributed by atoms with van der Waals surface area (Å²) in [5, 5.41) is 8.63. The molecule has 0 unspecified atom stereocenters. The fourth-order valence-electron chi connectivity index (χ4n) is 1.55. The highest BCUT2D eigenvalue weighted by Crippen LogP contribution is 2.16. The van der Waals surface area contributed by atoms with Crippen LogP contribution in [0.1, 0.15) is 6.92 Å². The van der Waals surface area contributed by atoms with Gasteiger partial charge in [0.25, 0.3) is 0 Å². The molecule has 1 aromatic carbocycles. The van der Waals surface area contributed by atoms with Crippen molar-refractivity contribution in [3.8, 4) is 0 Å². The van der Waals surface area contributed by atoms with Gasteiger partial charge >= 0.3 is 12.0 Å². The zero-order valence-corrected chi connectivity index (χ0v) is 10.3. The number of anilines is 1. The average Bonchev–Trinajstić information content (AvgIpc) is 2.29. The lowest BCUT2D eigenvalue weighted by molar-refractivity contribution is -0.137. The standard InChI is InChI=1S/C12H15FN2O3/c1-3-15(10-6-4-5-9(13)7-10)12(18)14(2)8-11(16)17/h4-7H,3,8H2,1-2H3,(H,16,17). The van der Waals surface area contributed by atoms with Crippen molar-refractivity contribution in [3.63, 3.8) is 0 Å². The minimum atomic E-state index is -1.10. The lowest BCUT2D eigenvalue weighted by Gasteiger charge is -2.26. The summed E-state index contributed by atoms with van der Waals surface area (Å²) in [6.45, 7) is 1.66. The summed E-state index contributed by atoms with van der Waals surface area (Å²) in [7, 11) is 1.39. The van der Waals surface area contributed by atoms with E-state index in [9.17, 15) is 14.0 Å². The van der Waals surface area contributed by atoms with Crippen LogP contribution in [0.25, 0.3) is 0 Å². The maximum absolute atomic E-state index is 13.1. The first-order chi connectivity index (χ1) is 8.45. The average molecular weight is 254 g/mol. The Hall–Kier alpha value is -2.11. The molecule has 5 nitrogen and oxygen atoms in total. The lowest BCUT2D eigenvalue weighted by atomic mass is 10.3. The smallest absolute Gasteiger partial charge is 0.324 e. The second-order valence-corrected chi connectivity index (χ2v) is 3.76. The Labute approximate surface area is 104 Å². The molecular formula is C12H15FN2O3. The van der Waals surface area contributed by atoms with Crippen LogP contribution in [0.4, 0.5) is 14.9 Å². The number of hydrogen-bond acceptors (Lipinski definition) is 2. The molecule has 0 atom stereocenters. The van der Waals surface area contributed by atoms with E-state index in [1.54, 1.807) is 13.0 Å². The van der Waals surface area contributed by atoms with E-state index in [2.05, 4.69) is 0 Å². The van der Waals surface area contributed by atoms with Crippen LogP contribution < -0.4 is 4.90 Å². The summed E-state index contributed by atoms with van der Waals surface area (Å²) >= 11 is 0. The number of carboxylic acids is 1. The Bertz CT molecular complexity index is 451. The Morgan fingerprint density at radius 2 is 2.06 bits per heavy atom. The van der Waals surface area contributed by atoms with E-state index in [4.69, 9.17) is 5.11 Å². The van der Waals surface area contributed by atoms with E-state index < -0.39 is 24.4 Å². The predicted octanol–water partition coefficient (Wildman–Crippen LogP) is 1.79. The summed E-state index contributed by atoms with van der Waals surface area (Å²) in [6, 6.07) is 5.13. The van der Waals surface area contributed by atoms with Crippen LogP contribution in [0, 0.1) is 5.82 Å². The molecule has 2 amide bonds. The van der Waals surface area contributed by atoms with E-state index in [0.29, 0.717) is 12.2 Å². The van der Waals surface area contributed by atoms with Gasteiger partial charge in [-0.15, -0.1) is 0 Å². The van der Waals surface area contributed by atoms with Crippen molar-refractivity contribution in [2.45, 2.75) is 6.92 Å². The molecule has 0 heterocycles. The number of nitrogens with zero attached hydrogens (tertiary/aromatic N) is 2. The van der Waals surface area contributed by atoms with Crippen molar-refractivity contribution in [1.29, 1.82) is 0 Å². The van der Waals surface area contributed by atoms with Crippen LogP contribution in [0.15, 0.2) is 24.3 Å². The first-order valence-corrected chi connectivity index (χ1v) is 5.45. The van der Waals surface area contributed by atoms with Crippen molar-refractivity contribution in [2.75, 3.05) is 25.0 Å². The third-order valence-electron chi connectivity index (χ3n) is 2.37. The van der Waals surface area contributed by atoms with Crippen LogP contribution in [0.3, 0.4) is 0 Å². The van der Waals surface area contributed by atoms with Gasteiger partial charge in [0.1, 0.15) is 12.4 Å². The van der Waals surface area contributed by atoms with Gasteiger partial charge in [-0.25, -0.2) is 9.18 Å². The van der Waals surface area contributed by atoms with Crippen molar-refractivity contribution in [3.05, 3.63) is 30.1 Å². The lowest BCUT2D eigenvalue weighted by Crippen LogP contribution is -2.43. The summed E-state index contributed by atoms with van der Waals surface area (Å²) < 4.78 is 13.1. The minimum absolute atomic E-state index is 0.326. The molecule has 0 fully saturated rings. The van der Waals surface area contributed by atoms with Gasteiger partial charge in [0, 0.05) is 19.3 Å². The highest BCUT2D eigenvalue weighted by Gasteiger charge is 2.20. The maximum atomic E-state index is 13.1. The zero-order valence-electron chi connectivity index (χ0n) is 10.3. The summed E-state index contributed by atoms with van der Waals surface area (Å²) in [6.07, 6.45) is 0. The number of benzene rings is 1. The van der Waals surface area contributed by atoms with Crippen molar-refractivity contribution >= 4 is 17.7 Å². The molecule has 1 N–H and O–H groups in total.